The van der Waals surface area contributed by atoms with E-state index in [1.807, 2.05) is 0 Å². The van der Waals surface area contributed by atoms with Gasteiger partial charge in [-0.25, -0.2) is 0 Å². The smallest absolute Gasteiger partial charge is 0.271 e. The van der Waals surface area contributed by atoms with Gasteiger partial charge in [-0.05, 0) is 37.4 Å². The maximum Gasteiger partial charge on any atom is 0.271 e. The van der Waals surface area contributed by atoms with Crippen LogP contribution in [-0.4, -0.2) is 49.5 Å². The second-order valence-electron chi connectivity index (χ2n) is 7.02. The highest BCUT2D eigenvalue weighted by molar-refractivity contribution is 6.02. The Morgan fingerprint density at radius 3 is 2.85 bits per heavy atom. The van der Waals surface area contributed by atoms with E-state index >= 15 is 0 Å². The first-order valence-corrected chi connectivity index (χ1v) is 8.57. The summed E-state index contributed by atoms with van der Waals surface area (Å²) in [5.74, 6) is -0.341. The lowest BCUT2D eigenvalue weighted by Gasteiger charge is -2.34. The van der Waals surface area contributed by atoms with Gasteiger partial charge in [0.2, 0.25) is 5.91 Å². The number of rotatable bonds is 5. The Morgan fingerprint density at radius 2 is 2.15 bits per heavy atom. The number of nitro groups is 1. The van der Waals surface area contributed by atoms with Crippen LogP contribution < -0.4 is 20.3 Å². The summed E-state index contributed by atoms with van der Waals surface area (Å²) < 4.78 is 5.30. The molecule has 0 unspecified atom stereocenters. The fourth-order valence-electron chi connectivity index (χ4n) is 3.20. The van der Waals surface area contributed by atoms with Gasteiger partial charge in [-0.1, -0.05) is 6.92 Å². The molecule has 0 atom stereocenters. The zero-order chi connectivity index (χ0) is 18.7. The average Bonchev–Trinajstić information content (AvgIpc) is 2.62. The number of benzene rings is 1. The lowest BCUT2D eigenvalue weighted by atomic mass is 9.81. The second-order valence-corrected chi connectivity index (χ2v) is 7.02. The molecule has 140 valence electrons. The monoisotopic (exact) mass is 362 g/mol. The van der Waals surface area contributed by atoms with Crippen LogP contribution in [0.15, 0.2) is 18.2 Å². The fourth-order valence-corrected chi connectivity index (χ4v) is 3.20. The van der Waals surface area contributed by atoms with Crippen LogP contribution >= 0.6 is 0 Å². The van der Waals surface area contributed by atoms with E-state index in [9.17, 15) is 19.7 Å². The van der Waals surface area contributed by atoms with Gasteiger partial charge in [-0.3, -0.25) is 24.6 Å². The molecule has 2 heterocycles. The summed E-state index contributed by atoms with van der Waals surface area (Å²) in [4.78, 5) is 36.2. The molecular formula is C17H22N4O5. The number of carbonyl (C=O) groups is 2. The normalized spacial score (nSPS) is 18.7. The van der Waals surface area contributed by atoms with Gasteiger partial charge in [0.15, 0.2) is 6.61 Å². The van der Waals surface area contributed by atoms with E-state index in [1.54, 1.807) is 0 Å². The third kappa shape index (κ3) is 3.93. The van der Waals surface area contributed by atoms with Crippen LogP contribution in [0.2, 0.25) is 0 Å². The number of nitrogens with zero attached hydrogens (tertiary/aromatic N) is 2. The molecule has 26 heavy (non-hydrogen) atoms. The Labute approximate surface area is 150 Å². The summed E-state index contributed by atoms with van der Waals surface area (Å²) in [6, 6.07) is 4.01. The summed E-state index contributed by atoms with van der Waals surface area (Å²) in [6.45, 7) is 4.13. The van der Waals surface area contributed by atoms with Crippen molar-refractivity contribution in [1.82, 2.24) is 10.6 Å². The number of amides is 2. The largest absolute Gasteiger partial charge is 0.482 e. The number of carbonyl (C=O) groups excluding carboxylic acids is 2. The highest BCUT2D eigenvalue weighted by Crippen LogP contribution is 2.35. The van der Waals surface area contributed by atoms with Gasteiger partial charge < -0.3 is 15.4 Å². The molecule has 0 bridgehead atoms. The van der Waals surface area contributed by atoms with Crippen LogP contribution in [0.5, 0.6) is 5.75 Å². The molecule has 2 aliphatic heterocycles. The van der Waals surface area contributed by atoms with Crippen molar-refractivity contribution in [3.05, 3.63) is 28.3 Å². The molecular weight excluding hydrogens is 340 g/mol. The molecule has 0 aliphatic carbocycles. The molecule has 0 aromatic heterocycles. The number of hydrogen-bond acceptors (Lipinski definition) is 6. The van der Waals surface area contributed by atoms with Crippen LogP contribution in [0, 0.1) is 15.5 Å². The van der Waals surface area contributed by atoms with E-state index < -0.39 is 10.8 Å². The SMILES string of the molecule is CC1(CNC(=O)CN2C(=O)COc3ccc([N+](=O)[O-])cc32)CCNCC1. The molecule has 0 saturated carbocycles. The van der Waals surface area contributed by atoms with Gasteiger partial charge in [0, 0.05) is 18.7 Å². The number of nitrogens with one attached hydrogen (secondary N) is 2. The van der Waals surface area contributed by atoms with E-state index in [-0.39, 0.29) is 35.8 Å². The Kier molecular flexibility index (Phi) is 5.08. The first kappa shape index (κ1) is 18.1. The van der Waals surface area contributed by atoms with Gasteiger partial charge in [0.05, 0.1) is 10.6 Å². The number of hydrogen-bond donors (Lipinski definition) is 2. The van der Waals surface area contributed by atoms with E-state index in [0.717, 1.165) is 25.9 Å². The van der Waals surface area contributed by atoms with Crippen LogP contribution in [0.1, 0.15) is 19.8 Å². The number of ether oxygens (including phenoxy) is 1. The van der Waals surface area contributed by atoms with Crippen LogP contribution in [0.4, 0.5) is 11.4 Å². The van der Waals surface area contributed by atoms with Gasteiger partial charge >= 0.3 is 0 Å². The molecule has 1 fully saturated rings. The van der Waals surface area contributed by atoms with Crippen LogP contribution in [0.3, 0.4) is 0 Å². The molecule has 1 aromatic rings. The van der Waals surface area contributed by atoms with E-state index in [1.165, 1.54) is 23.1 Å². The Balaban J connectivity index is 1.69. The minimum atomic E-state index is -0.546. The summed E-state index contributed by atoms with van der Waals surface area (Å²) in [5, 5.41) is 17.2. The third-order valence-corrected chi connectivity index (χ3v) is 4.92. The lowest BCUT2D eigenvalue weighted by molar-refractivity contribution is -0.384. The Bertz CT molecular complexity index is 730. The van der Waals surface area contributed by atoms with Gasteiger partial charge in [0.1, 0.15) is 12.3 Å². The molecule has 3 rings (SSSR count). The molecule has 2 amide bonds. The molecule has 0 radical (unpaired) electrons. The summed E-state index contributed by atoms with van der Waals surface area (Å²) in [5.41, 5.74) is 0.125. The molecule has 1 saturated heterocycles. The molecule has 9 nitrogen and oxygen atoms in total. The Hall–Kier alpha value is -2.68. The summed E-state index contributed by atoms with van der Waals surface area (Å²) >= 11 is 0. The highest BCUT2D eigenvalue weighted by Gasteiger charge is 2.31. The van der Waals surface area contributed by atoms with Crippen molar-refractivity contribution in [2.75, 3.05) is 37.7 Å². The summed E-state index contributed by atoms with van der Waals surface area (Å²) in [6.07, 6.45) is 1.94. The topological polar surface area (TPSA) is 114 Å². The highest BCUT2D eigenvalue weighted by atomic mass is 16.6. The van der Waals surface area contributed by atoms with Crippen LogP contribution in [0.25, 0.3) is 0 Å². The molecule has 2 N–H and O–H groups in total. The maximum atomic E-state index is 12.4. The fraction of sp³-hybridized carbons (Fsp3) is 0.529. The average molecular weight is 362 g/mol. The van der Waals surface area contributed by atoms with E-state index in [2.05, 4.69) is 17.6 Å². The van der Waals surface area contributed by atoms with Crippen molar-refractivity contribution >= 4 is 23.2 Å². The van der Waals surface area contributed by atoms with Crippen molar-refractivity contribution in [1.29, 1.82) is 0 Å². The molecule has 9 heteroatoms. The number of piperidine rings is 1. The number of nitro benzene ring substituents is 1. The van der Waals surface area contributed by atoms with E-state index in [4.69, 9.17) is 4.74 Å². The summed E-state index contributed by atoms with van der Waals surface area (Å²) in [7, 11) is 0. The van der Waals surface area contributed by atoms with Crippen molar-refractivity contribution in [2.45, 2.75) is 19.8 Å². The second kappa shape index (κ2) is 7.28. The Morgan fingerprint density at radius 1 is 1.42 bits per heavy atom. The molecule has 0 spiro atoms. The predicted molar refractivity (Wildman–Crippen MR) is 94.2 cm³/mol. The first-order valence-electron chi connectivity index (χ1n) is 8.57. The molecule has 1 aromatic carbocycles. The minimum absolute atomic E-state index is 0.0343. The van der Waals surface area contributed by atoms with Gasteiger partial charge in [0.25, 0.3) is 11.6 Å². The third-order valence-electron chi connectivity index (χ3n) is 4.92. The minimum Gasteiger partial charge on any atom is -0.482 e. The number of fused-ring (bicyclic) bond motifs is 1. The molecule has 2 aliphatic rings. The van der Waals surface area contributed by atoms with Gasteiger partial charge in [-0.15, -0.1) is 0 Å². The number of anilines is 1. The maximum absolute atomic E-state index is 12.4. The van der Waals surface area contributed by atoms with Crippen molar-refractivity contribution < 1.29 is 19.2 Å². The number of non-ortho nitro benzene ring substituents is 1. The van der Waals surface area contributed by atoms with Crippen molar-refractivity contribution in [3.8, 4) is 5.75 Å². The zero-order valence-corrected chi connectivity index (χ0v) is 14.6. The van der Waals surface area contributed by atoms with E-state index in [0.29, 0.717) is 12.3 Å². The first-order chi connectivity index (χ1) is 12.4. The predicted octanol–water partition coefficient (Wildman–Crippen LogP) is 0.826. The van der Waals surface area contributed by atoms with Crippen LogP contribution in [-0.2, 0) is 9.59 Å². The van der Waals surface area contributed by atoms with Gasteiger partial charge in [-0.2, -0.15) is 0 Å². The standard InChI is InChI=1S/C17H22N4O5/c1-17(4-6-18-7-5-17)11-19-15(22)9-20-13-8-12(21(24)25)2-3-14(13)26-10-16(20)23/h2-3,8,18H,4-7,9-11H2,1H3,(H,19,22). The van der Waals surface area contributed by atoms with Crippen molar-refractivity contribution in [3.63, 3.8) is 0 Å². The zero-order valence-electron chi connectivity index (χ0n) is 14.6. The lowest BCUT2D eigenvalue weighted by Crippen LogP contribution is -2.48. The van der Waals surface area contributed by atoms with Crippen molar-refractivity contribution in [2.24, 2.45) is 5.41 Å². The quantitative estimate of drug-likeness (QED) is 0.592.